The molecule has 1 aliphatic rings. The van der Waals surface area contributed by atoms with E-state index in [1.807, 2.05) is 0 Å². The maximum absolute atomic E-state index is 12.9. The number of benzene rings is 1. The number of rotatable bonds is 8. The smallest absolute Gasteiger partial charge is 0.411 e. The molecule has 0 aliphatic carbocycles. The Balaban J connectivity index is 1.94. The molecule has 172 valence electrons. The Morgan fingerprint density at radius 2 is 1.84 bits per heavy atom. The minimum absolute atomic E-state index is 0.113. The Hall–Kier alpha value is -2.81. The van der Waals surface area contributed by atoms with Crippen LogP contribution >= 0.6 is 0 Å². The second-order valence-corrected chi connectivity index (χ2v) is 8.77. The number of aromatic hydroxyl groups is 1. The van der Waals surface area contributed by atoms with Crippen LogP contribution in [0.5, 0.6) is 5.75 Å². The van der Waals surface area contributed by atoms with E-state index < -0.39 is 23.6 Å². The number of nitrogens with zero attached hydrogens (tertiary/aromatic N) is 1. The van der Waals surface area contributed by atoms with Crippen molar-refractivity contribution in [3.05, 3.63) is 29.3 Å². The lowest BCUT2D eigenvalue weighted by Crippen LogP contribution is -2.53. The number of carbonyl (C=O) groups is 3. The van der Waals surface area contributed by atoms with Crippen molar-refractivity contribution in [1.82, 2.24) is 15.7 Å². The van der Waals surface area contributed by atoms with E-state index in [0.29, 0.717) is 19.4 Å². The molecular weight excluding hydrogens is 402 g/mol. The predicted octanol–water partition coefficient (Wildman–Crippen LogP) is 2.63. The van der Waals surface area contributed by atoms with Crippen LogP contribution < -0.4 is 10.8 Å². The zero-order valence-electron chi connectivity index (χ0n) is 18.4. The molecule has 1 atom stereocenters. The third-order valence-electron chi connectivity index (χ3n) is 5.01. The van der Waals surface area contributed by atoms with Crippen LogP contribution in [0.1, 0.15) is 64.0 Å². The first kappa shape index (κ1) is 24.5. The van der Waals surface area contributed by atoms with E-state index in [9.17, 15) is 19.5 Å². The van der Waals surface area contributed by atoms with Crippen LogP contribution in [0.25, 0.3) is 0 Å². The van der Waals surface area contributed by atoms with Gasteiger partial charge in [-0.3, -0.25) is 19.7 Å². The molecule has 0 unspecified atom stereocenters. The Labute approximate surface area is 182 Å². The summed E-state index contributed by atoms with van der Waals surface area (Å²) in [5.74, 6) is -0.534. The Morgan fingerprint density at radius 1 is 1.13 bits per heavy atom. The first-order valence-corrected chi connectivity index (χ1v) is 10.6. The highest BCUT2D eigenvalue weighted by Crippen LogP contribution is 2.28. The van der Waals surface area contributed by atoms with Gasteiger partial charge in [0.2, 0.25) is 11.8 Å². The highest BCUT2D eigenvalue weighted by molar-refractivity contribution is 5.86. The van der Waals surface area contributed by atoms with Crippen LogP contribution in [0.2, 0.25) is 0 Å². The number of hydroxylamine groups is 1. The number of unbranched alkanes of at least 4 members (excludes halogenated alkanes) is 3. The van der Waals surface area contributed by atoms with Gasteiger partial charge in [0.15, 0.2) is 0 Å². The molecule has 0 aromatic heterocycles. The molecule has 31 heavy (non-hydrogen) atoms. The second kappa shape index (κ2) is 11.0. The fourth-order valence-electron chi connectivity index (χ4n) is 3.47. The quantitative estimate of drug-likeness (QED) is 0.282. The van der Waals surface area contributed by atoms with Crippen LogP contribution in [0.15, 0.2) is 18.2 Å². The molecule has 1 heterocycles. The van der Waals surface area contributed by atoms with Crippen molar-refractivity contribution in [2.75, 3.05) is 6.54 Å². The van der Waals surface area contributed by atoms with Crippen molar-refractivity contribution in [3.8, 4) is 5.75 Å². The fourth-order valence-corrected chi connectivity index (χ4v) is 3.47. The number of hydrogen-bond donors (Lipinski definition) is 4. The molecule has 1 aliphatic heterocycles. The third-order valence-corrected chi connectivity index (χ3v) is 5.01. The van der Waals surface area contributed by atoms with E-state index in [1.165, 1.54) is 4.90 Å². The molecule has 4 N–H and O–H groups in total. The number of amides is 3. The van der Waals surface area contributed by atoms with Gasteiger partial charge in [-0.05, 0) is 56.9 Å². The SMILES string of the molecule is CC(C)(C)OC(=O)N1Cc2cc(O)ccc2C[C@H]1C(=O)NCCCCCCC(=O)NO. The second-order valence-electron chi connectivity index (χ2n) is 8.77. The van der Waals surface area contributed by atoms with E-state index >= 15 is 0 Å². The molecule has 9 heteroatoms. The third kappa shape index (κ3) is 7.75. The van der Waals surface area contributed by atoms with Crippen LogP contribution in [-0.2, 0) is 27.3 Å². The lowest BCUT2D eigenvalue weighted by molar-refractivity contribution is -0.129. The lowest BCUT2D eigenvalue weighted by atomic mass is 9.93. The number of phenols is 1. The lowest BCUT2D eigenvalue weighted by Gasteiger charge is -2.37. The molecule has 0 radical (unpaired) electrons. The van der Waals surface area contributed by atoms with E-state index in [-0.39, 0.29) is 24.6 Å². The Kier molecular flexibility index (Phi) is 8.67. The number of hydrogen-bond acceptors (Lipinski definition) is 6. The minimum atomic E-state index is -0.694. The van der Waals surface area contributed by atoms with Crippen LogP contribution in [-0.4, -0.2) is 51.3 Å². The summed E-state index contributed by atoms with van der Waals surface area (Å²) in [5.41, 5.74) is 2.62. The maximum atomic E-state index is 12.9. The number of ether oxygens (including phenoxy) is 1. The number of phenolic OH excluding ortho intramolecular Hbond substituents is 1. The zero-order chi connectivity index (χ0) is 23.0. The average molecular weight is 436 g/mol. The summed E-state index contributed by atoms with van der Waals surface area (Å²) < 4.78 is 5.50. The van der Waals surface area contributed by atoms with Crippen LogP contribution in [0.4, 0.5) is 4.79 Å². The number of nitrogens with one attached hydrogen (secondary N) is 2. The number of fused-ring (bicyclic) bond motifs is 1. The average Bonchev–Trinajstić information content (AvgIpc) is 2.70. The van der Waals surface area contributed by atoms with Crippen molar-refractivity contribution in [3.63, 3.8) is 0 Å². The van der Waals surface area contributed by atoms with Gasteiger partial charge in [0.05, 0.1) is 6.54 Å². The summed E-state index contributed by atoms with van der Waals surface area (Å²) in [6.45, 7) is 5.96. The van der Waals surface area contributed by atoms with Gasteiger partial charge in [-0.15, -0.1) is 0 Å². The summed E-state index contributed by atoms with van der Waals surface area (Å²) in [4.78, 5) is 38.0. The van der Waals surface area contributed by atoms with Gasteiger partial charge in [0.1, 0.15) is 17.4 Å². The van der Waals surface area contributed by atoms with E-state index in [2.05, 4.69) is 5.32 Å². The standard InChI is InChI=1S/C22H33N3O6/c1-22(2,3)31-21(29)25-14-16-12-17(26)10-9-15(16)13-18(25)20(28)23-11-7-5-4-6-8-19(27)24-30/h9-10,12,18,26,30H,4-8,11,13-14H2,1-3H3,(H,23,28)(H,24,27)/t18-/m0/s1. The van der Waals surface area contributed by atoms with Gasteiger partial charge in [-0.2, -0.15) is 0 Å². The highest BCUT2D eigenvalue weighted by atomic mass is 16.6. The highest BCUT2D eigenvalue weighted by Gasteiger charge is 2.37. The molecule has 0 spiro atoms. The van der Waals surface area contributed by atoms with Crippen molar-refractivity contribution in [2.24, 2.45) is 0 Å². The topological polar surface area (TPSA) is 128 Å². The molecule has 9 nitrogen and oxygen atoms in total. The molecular formula is C22H33N3O6. The largest absolute Gasteiger partial charge is 0.508 e. The van der Waals surface area contributed by atoms with E-state index in [1.54, 1.807) is 44.5 Å². The predicted molar refractivity (Wildman–Crippen MR) is 113 cm³/mol. The minimum Gasteiger partial charge on any atom is -0.508 e. The Morgan fingerprint density at radius 3 is 2.52 bits per heavy atom. The molecule has 0 fully saturated rings. The normalized spacial score (nSPS) is 15.7. The van der Waals surface area contributed by atoms with Crippen molar-refractivity contribution < 1.29 is 29.4 Å². The molecule has 0 saturated heterocycles. The van der Waals surface area contributed by atoms with Crippen molar-refractivity contribution >= 4 is 17.9 Å². The Bertz CT molecular complexity index is 790. The number of carbonyl (C=O) groups excluding carboxylic acids is 3. The molecule has 1 aromatic carbocycles. The molecule has 0 saturated carbocycles. The molecule has 2 rings (SSSR count). The maximum Gasteiger partial charge on any atom is 0.411 e. The van der Waals surface area contributed by atoms with Gasteiger partial charge in [-0.25, -0.2) is 10.3 Å². The van der Waals surface area contributed by atoms with Gasteiger partial charge >= 0.3 is 6.09 Å². The first-order chi connectivity index (χ1) is 14.6. The summed E-state index contributed by atoms with van der Waals surface area (Å²) in [6, 6.07) is 4.27. The van der Waals surface area contributed by atoms with Crippen molar-refractivity contribution in [2.45, 2.75) is 77.5 Å². The molecule has 0 bridgehead atoms. The summed E-state index contributed by atoms with van der Waals surface area (Å²) >= 11 is 0. The van der Waals surface area contributed by atoms with Gasteiger partial charge < -0.3 is 15.2 Å². The summed E-state index contributed by atoms with van der Waals surface area (Å²) in [7, 11) is 0. The van der Waals surface area contributed by atoms with Gasteiger partial charge in [0, 0.05) is 19.4 Å². The summed E-state index contributed by atoms with van der Waals surface area (Å²) in [5, 5.41) is 21.1. The molecule has 3 amide bonds. The van der Waals surface area contributed by atoms with Crippen LogP contribution in [0.3, 0.4) is 0 Å². The van der Waals surface area contributed by atoms with E-state index in [4.69, 9.17) is 9.94 Å². The van der Waals surface area contributed by atoms with Gasteiger partial charge in [-0.1, -0.05) is 18.9 Å². The van der Waals surface area contributed by atoms with E-state index in [0.717, 1.165) is 30.4 Å². The summed E-state index contributed by atoms with van der Waals surface area (Å²) in [6.07, 6.45) is 3.11. The zero-order valence-corrected chi connectivity index (χ0v) is 18.4. The molecule has 1 aromatic rings. The van der Waals surface area contributed by atoms with Crippen LogP contribution in [0, 0.1) is 0 Å². The monoisotopic (exact) mass is 435 g/mol. The first-order valence-electron chi connectivity index (χ1n) is 10.6. The fraction of sp³-hybridized carbons (Fsp3) is 0.591. The van der Waals surface area contributed by atoms with Gasteiger partial charge in [0.25, 0.3) is 0 Å². The van der Waals surface area contributed by atoms with Crippen molar-refractivity contribution in [1.29, 1.82) is 0 Å².